The summed E-state index contributed by atoms with van der Waals surface area (Å²) in [5.41, 5.74) is 3.31. The molecule has 8 heteroatoms. The predicted molar refractivity (Wildman–Crippen MR) is 43.4 cm³/mol. The summed E-state index contributed by atoms with van der Waals surface area (Å²) in [6.45, 7) is 0. The minimum Gasteiger partial charge on any atom is -0.283 e. The van der Waals surface area contributed by atoms with E-state index in [1.807, 2.05) is 5.43 Å². The molecule has 0 unspecified atom stereocenters. The number of thiocarbonyl (C=S) groups is 1. The maximum absolute atomic E-state index is 11.5. The van der Waals surface area contributed by atoms with Gasteiger partial charge in [0.25, 0.3) is 0 Å². The van der Waals surface area contributed by atoms with E-state index >= 15 is 0 Å². The number of hydrazine groups is 1. The third-order valence-corrected chi connectivity index (χ3v) is 1.80. The molecule has 0 saturated heterocycles. The molecular weight excluding hydrogens is 213 g/mol. The summed E-state index contributed by atoms with van der Waals surface area (Å²) in [5.74, 6) is -2.07. The summed E-state index contributed by atoms with van der Waals surface area (Å²) in [6.07, 6.45) is -3.32. The summed E-state index contributed by atoms with van der Waals surface area (Å²) >= 11 is 5.48. The zero-order chi connectivity index (χ0) is 9.78. The highest BCUT2D eigenvalue weighted by Crippen LogP contribution is 2.13. The van der Waals surface area contributed by atoms with E-state index in [0.717, 1.165) is 11.8 Å². The molecule has 0 aromatic carbocycles. The normalized spacial score (nSPS) is 10.7. The lowest BCUT2D eigenvalue weighted by molar-refractivity contribution is -0.174. The number of thioether (sulfide) groups is 1. The van der Waals surface area contributed by atoms with Crippen LogP contribution in [0, 0.1) is 0 Å². The molecule has 70 valence electrons. The van der Waals surface area contributed by atoms with Crippen LogP contribution < -0.4 is 10.9 Å². The maximum atomic E-state index is 11.5. The Morgan fingerprint density at radius 1 is 1.42 bits per heavy atom. The number of halogens is 3. The average Bonchev–Trinajstić information content (AvgIpc) is 1.97. The quantitative estimate of drug-likeness (QED) is 0.466. The van der Waals surface area contributed by atoms with Crippen molar-refractivity contribution in [3.05, 3.63) is 0 Å². The molecule has 0 fully saturated rings. The van der Waals surface area contributed by atoms with Crippen LogP contribution in [-0.4, -0.2) is 22.7 Å². The van der Waals surface area contributed by atoms with E-state index in [1.165, 1.54) is 5.43 Å². The molecule has 0 aliphatic rings. The number of amides is 1. The molecule has 1 amide bonds. The monoisotopic (exact) mass is 218 g/mol. The first-order chi connectivity index (χ1) is 5.38. The molecule has 0 saturated carbocycles. The minimum atomic E-state index is -4.89. The van der Waals surface area contributed by atoms with Crippen molar-refractivity contribution in [1.29, 1.82) is 0 Å². The molecule has 0 aromatic rings. The zero-order valence-electron chi connectivity index (χ0n) is 5.86. The summed E-state index contributed by atoms with van der Waals surface area (Å²) in [6, 6.07) is 0. The number of carbonyl (C=O) groups is 1. The molecule has 0 atom stereocenters. The van der Waals surface area contributed by atoms with E-state index in [-0.39, 0.29) is 4.32 Å². The second kappa shape index (κ2) is 4.51. The van der Waals surface area contributed by atoms with Gasteiger partial charge in [-0.3, -0.25) is 15.6 Å². The highest BCUT2D eigenvalue weighted by molar-refractivity contribution is 8.22. The first kappa shape index (κ1) is 11.5. The van der Waals surface area contributed by atoms with Gasteiger partial charge in [0, 0.05) is 0 Å². The highest BCUT2D eigenvalue weighted by Gasteiger charge is 2.38. The Morgan fingerprint density at radius 2 is 1.92 bits per heavy atom. The number of hydrogen-bond donors (Lipinski definition) is 2. The number of rotatable bonds is 0. The maximum Gasteiger partial charge on any atom is 0.472 e. The molecule has 0 aliphatic heterocycles. The fourth-order valence-electron chi connectivity index (χ4n) is 0.230. The van der Waals surface area contributed by atoms with E-state index < -0.39 is 12.1 Å². The Kier molecular flexibility index (Phi) is 4.32. The van der Waals surface area contributed by atoms with Gasteiger partial charge in [-0.15, -0.1) is 0 Å². The van der Waals surface area contributed by atoms with Crippen molar-refractivity contribution < 1.29 is 18.0 Å². The molecular formula is C4H5F3N2OS2. The van der Waals surface area contributed by atoms with E-state index in [0.29, 0.717) is 0 Å². The van der Waals surface area contributed by atoms with Crippen molar-refractivity contribution in [2.75, 3.05) is 6.26 Å². The molecule has 0 radical (unpaired) electrons. The van der Waals surface area contributed by atoms with Gasteiger partial charge < -0.3 is 0 Å². The van der Waals surface area contributed by atoms with Crippen molar-refractivity contribution >= 4 is 34.2 Å². The van der Waals surface area contributed by atoms with E-state index in [4.69, 9.17) is 0 Å². The van der Waals surface area contributed by atoms with Gasteiger partial charge in [-0.1, -0.05) is 24.0 Å². The molecule has 0 heterocycles. The number of hydrogen-bond acceptors (Lipinski definition) is 3. The largest absolute Gasteiger partial charge is 0.472 e. The van der Waals surface area contributed by atoms with Crippen molar-refractivity contribution in [3.63, 3.8) is 0 Å². The van der Waals surface area contributed by atoms with Crippen molar-refractivity contribution in [1.82, 2.24) is 10.9 Å². The highest BCUT2D eigenvalue weighted by atomic mass is 32.2. The molecule has 0 aromatic heterocycles. The van der Waals surface area contributed by atoms with Gasteiger partial charge in [-0.05, 0) is 6.26 Å². The lowest BCUT2D eigenvalue weighted by Crippen LogP contribution is -2.46. The molecule has 0 spiro atoms. The number of nitrogens with one attached hydrogen (secondary N) is 2. The third-order valence-electron chi connectivity index (χ3n) is 0.721. The van der Waals surface area contributed by atoms with Gasteiger partial charge in [-0.25, -0.2) is 0 Å². The van der Waals surface area contributed by atoms with Gasteiger partial charge in [0.05, 0.1) is 0 Å². The lowest BCUT2D eigenvalue weighted by atomic mass is 10.6. The average molecular weight is 218 g/mol. The summed E-state index contributed by atoms with van der Waals surface area (Å²) in [7, 11) is 0. The standard InChI is InChI=1S/C4H5F3N2OS2/c1-12-3(11)9-8-2(10)4(5,6)7/h1H3,(H,8,10)(H,9,11). The van der Waals surface area contributed by atoms with Gasteiger partial charge in [0.15, 0.2) is 4.32 Å². The van der Waals surface area contributed by atoms with E-state index in [2.05, 4.69) is 12.2 Å². The van der Waals surface area contributed by atoms with Crippen molar-refractivity contribution in [2.45, 2.75) is 6.18 Å². The Balaban J connectivity index is 3.81. The van der Waals surface area contributed by atoms with Crippen LogP contribution in [-0.2, 0) is 4.79 Å². The Morgan fingerprint density at radius 3 is 2.25 bits per heavy atom. The third kappa shape index (κ3) is 4.39. The number of alkyl halides is 3. The first-order valence-electron chi connectivity index (χ1n) is 2.59. The van der Waals surface area contributed by atoms with Crippen LogP contribution in [0.25, 0.3) is 0 Å². The second-order valence-corrected chi connectivity index (χ2v) is 3.05. The Bertz CT molecular complexity index is 193. The summed E-state index contributed by atoms with van der Waals surface area (Å²) in [5, 5.41) is 0. The van der Waals surface area contributed by atoms with Gasteiger partial charge in [0.2, 0.25) is 0 Å². The first-order valence-corrected chi connectivity index (χ1v) is 4.22. The van der Waals surface area contributed by atoms with Crippen LogP contribution in [0.2, 0.25) is 0 Å². The topological polar surface area (TPSA) is 41.1 Å². The van der Waals surface area contributed by atoms with Crippen LogP contribution in [0.1, 0.15) is 0 Å². The van der Waals surface area contributed by atoms with Crippen molar-refractivity contribution in [2.24, 2.45) is 0 Å². The van der Waals surface area contributed by atoms with Gasteiger partial charge >= 0.3 is 12.1 Å². The molecule has 0 bridgehead atoms. The fraction of sp³-hybridized carbons (Fsp3) is 0.500. The van der Waals surface area contributed by atoms with Crippen LogP contribution in [0.3, 0.4) is 0 Å². The SMILES string of the molecule is CSC(=S)NNC(=O)C(F)(F)F. The molecule has 12 heavy (non-hydrogen) atoms. The Labute approximate surface area is 76.0 Å². The molecule has 0 rings (SSSR count). The van der Waals surface area contributed by atoms with Crippen molar-refractivity contribution in [3.8, 4) is 0 Å². The van der Waals surface area contributed by atoms with Gasteiger partial charge in [-0.2, -0.15) is 13.2 Å². The fourth-order valence-corrected chi connectivity index (χ4v) is 0.434. The van der Waals surface area contributed by atoms with Crippen LogP contribution in [0.5, 0.6) is 0 Å². The number of carbonyl (C=O) groups excluding carboxylic acids is 1. The van der Waals surface area contributed by atoms with Crippen LogP contribution in [0.4, 0.5) is 13.2 Å². The predicted octanol–water partition coefficient (Wildman–Crippen LogP) is 0.817. The van der Waals surface area contributed by atoms with Crippen LogP contribution >= 0.6 is 24.0 Å². The van der Waals surface area contributed by atoms with Crippen LogP contribution in [0.15, 0.2) is 0 Å². The smallest absolute Gasteiger partial charge is 0.283 e. The summed E-state index contributed by atoms with van der Waals surface area (Å²) in [4.78, 5) is 10.1. The van der Waals surface area contributed by atoms with Gasteiger partial charge in [0.1, 0.15) is 0 Å². The molecule has 2 N–H and O–H groups in total. The lowest BCUT2D eigenvalue weighted by Gasteiger charge is -2.08. The molecule has 3 nitrogen and oxygen atoms in total. The zero-order valence-corrected chi connectivity index (χ0v) is 7.49. The van der Waals surface area contributed by atoms with E-state index in [9.17, 15) is 18.0 Å². The Hall–Kier alpha value is -0.500. The second-order valence-electron chi connectivity index (χ2n) is 1.57. The minimum absolute atomic E-state index is 0.0626. The molecule has 0 aliphatic carbocycles. The van der Waals surface area contributed by atoms with E-state index in [1.54, 1.807) is 6.26 Å². The summed E-state index contributed by atoms with van der Waals surface area (Å²) < 4.78 is 34.6.